The van der Waals surface area contributed by atoms with Crippen molar-refractivity contribution in [1.29, 1.82) is 10.5 Å². The Morgan fingerprint density at radius 2 is 1.39 bits per heavy atom. The zero-order chi connectivity index (χ0) is 12.7. The van der Waals surface area contributed by atoms with Crippen molar-refractivity contribution in [2.45, 2.75) is 44.1 Å². The Hall–Kier alpha value is -1.14. The van der Waals surface area contributed by atoms with Crippen LogP contribution in [0.5, 0.6) is 0 Å². The molecular weight excluding hydrogens is 232 g/mol. The third-order valence-electron chi connectivity index (χ3n) is 5.22. The molecule has 1 aliphatic carbocycles. The van der Waals surface area contributed by atoms with Crippen LogP contribution in [0.25, 0.3) is 0 Å². The minimum atomic E-state index is -0.723. The van der Waals surface area contributed by atoms with Crippen molar-refractivity contribution in [3.63, 3.8) is 0 Å². The van der Waals surface area contributed by atoms with Crippen LogP contribution >= 0.6 is 0 Å². The number of nitrogens with zero attached hydrogens (tertiary/aromatic N) is 2. The van der Waals surface area contributed by atoms with Crippen LogP contribution in [0.1, 0.15) is 20.3 Å². The van der Waals surface area contributed by atoms with Gasteiger partial charge in [-0.15, -0.1) is 0 Å². The minimum absolute atomic E-state index is 0.176. The highest BCUT2D eigenvalue weighted by Crippen LogP contribution is 2.68. The van der Waals surface area contributed by atoms with Gasteiger partial charge in [-0.25, -0.2) is 0 Å². The maximum absolute atomic E-state index is 9.19. The summed E-state index contributed by atoms with van der Waals surface area (Å²) in [5, 5.41) is 18.4. The van der Waals surface area contributed by atoms with Crippen LogP contribution in [-0.2, 0) is 14.2 Å². The van der Waals surface area contributed by atoms with Gasteiger partial charge in [0.15, 0.2) is 23.8 Å². The molecule has 0 aromatic carbocycles. The molecule has 1 saturated carbocycles. The molecule has 4 rings (SSSR count). The van der Waals surface area contributed by atoms with Crippen molar-refractivity contribution in [1.82, 2.24) is 0 Å². The summed E-state index contributed by atoms with van der Waals surface area (Å²) in [6.45, 7) is 3.80. The van der Waals surface area contributed by atoms with E-state index in [-0.39, 0.29) is 23.7 Å². The third kappa shape index (κ3) is 0.948. The van der Waals surface area contributed by atoms with Gasteiger partial charge in [-0.1, -0.05) is 0 Å². The molecule has 3 heterocycles. The summed E-state index contributed by atoms with van der Waals surface area (Å²) in [4.78, 5) is 0. The van der Waals surface area contributed by atoms with Gasteiger partial charge >= 0.3 is 0 Å². The molecule has 3 saturated heterocycles. The Morgan fingerprint density at radius 3 is 1.78 bits per heavy atom. The van der Waals surface area contributed by atoms with E-state index in [2.05, 4.69) is 12.1 Å². The Morgan fingerprint density at radius 1 is 0.944 bits per heavy atom. The molecule has 0 unspecified atom stereocenters. The highest BCUT2D eigenvalue weighted by Gasteiger charge is 2.77. The average molecular weight is 246 g/mol. The topological polar surface area (TPSA) is 75.3 Å². The van der Waals surface area contributed by atoms with Crippen molar-refractivity contribution in [3.05, 3.63) is 0 Å². The molecule has 8 atom stereocenters. The smallest absolute Gasteiger partial charge is 0.174 e. The Balaban J connectivity index is 1.82. The van der Waals surface area contributed by atoms with Gasteiger partial charge in [0.25, 0.3) is 0 Å². The van der Waals surface area contributed by atoms with E-state index in [0.717, 1.165) is 6.42 Å². The minimum Gasteiger partial charge on any atom is -0.331 e. The van der Waals surface area contributed by atoms with E-state index in [1.54, 1.807) is 0 Å². The summed E-state index contributed by atoms with van der Waals surface area (Å²) < 4.78 is 17.6. The first-order valence-electron chi connectivity index (χ1n) is 6.37. The number of ether oxygens (including phenoxy) is 3. The summed E-state index contributed by atoms with van der Waals surface area (Å²) in [7, 11) is 0. The molecule has 0 radical (unpaired) electrons. The third-order valence-corrected chi connectivity index (χ3v) is 5.22. The monoisotopic (exact) mass is 246 g/mol. The van der Waals surface area contributed by atoms with Crippen LogP contribution in [0.3, 0.4) is 0 Å². The van der Waals surface area contributed by atoms with Gasteiger partial charge in [-0.2, -0.15) is 10.5 Å². The van der Waals surface area contributed by atoms with Crippen LogP contribution < -0.4 is 0 Å². The number of hydrogen-bond acceptors (Lipinski definition) is 5. The second-order valence-electron chi connectivity index (χ2n) is 6.08. The quantitative estimate of drug-likeness (QED) is 0.641. The summed E-state index contributed by atoms with van der Waals surface area (Å²) in [5.74, 6) is -0.738. The predicted octanol–water partition coefficient (Wildman–Crippen LogP) is 1.16. The first kappa shape index (κ1) is 10.8. The maximum Gasteiger partial charge on any atom is 0.174 e. The number of rotatable bonds is 0. The first-order valence-corrected chi connectivity index (χ1v) is 6.37. The van der Waals surface area contributed by atoms with Gasteiger partial charge in [0.2, 0.25) is 0 Å². The van der Waals surface area contributed by atoms with Crippen molar-refractivity contribution < 1.29 is 14.2 Å². The maximum atomic E-state index is 9.19. The van der Waals surface area contributed by atoms with E-state index in [1.165, 1.54) is 0 Å². The zero-order valence-corrected chi connectivity index (χ0v) is 10.3. The summed E-state index contributed by atoms with van der Waals surface area (Å²) in [6.07, 6.45) is 0.0179. The normalized spacial score (nSPS) is 63.6. The fourth-order valence-corrected chi connectivity index (χ4v) is 4.86. The van der Waals surface area contributed by atoms with Crippen molar-refractivity contribution >= 4 is 0 Å². The molecule has 0 spiro atoms. The Bertz CT molecular complexity index is 465. The van der Waals surface area contributed by atoms with Crippen LogP contribution in [-0.4, -0.2) is 23.8 Å². The zero-order valence-electron chi connectivity index (χ0n) is 10.3. The highest BCUT2D eigenvalue weighted by molar-refractivity contribution is 5.21. The van der Waals surface area contributed by atoms with Crippen molar-refractivity contribution in [2.75, 3.05) is 0 Å². The van der Waals surface area contributed by atoms with Crippen LogP contribution in [0.2, 0.25) is 0 Å². The van der Waals surface area contributed by atoms with Gasteiger partial charge in [0.1, 0.15) is 0 Å². The summed E-state index contributed by atoms with van der Waals surface area (Å²) in [6, 6.07) is 4.45. The van der Waals surface area contributed by atoms with Crippen LogP contribution in [0.4, 0.5) is 0 Å². The van der Waals surface area contributed by atoms with E-state index in [0.29, 0.717) is 0 Å². The molecule has 4 fully saturated rings. The van der Waals surface area contributed by atoms with E-state index >= 15 is 0 Å². The molecule has 94 valence electrons. The second kappa shape index (κ2) is 2.88. The molecule has 0 amide bonds. The lowest BCUT2D eigenvalue weighted by molar-refractivity contribution is -0.304. The Kier molecular flexibility index (Phi) is 1.72. The Labute approximate surface area is 105 Å². The predicted molar refractivity (Wildman–Crippen MR) is 57.4 cm³/mol. The van der Waals surface area contributed by atoms with E-state index in [1.807, 2.05) is 13.8 Å². The molecule has 0 N–H and O–H groups in total. The summed E-state index contributed by atoms with van der Waals surface area (Å²) >= 11 is 0. The van der Waals surface area contributed by atoms with Crippen molar-refractivity contribution in [2.24, 2.45) is 23.7 Å². The lowest BCUT2D eigenvalue weighted by Gasteiger charge is -2.28. The molecular formula is C13H14N2O3. The SMILES string of the molecule is C[C@@]12O[C@@H](C#N)[C@@H]3C[C@H]4[C@H]([C@@H]31)[C@](C)(O[C@@H]4C#N)O2. The molecule has 3 aliphatic heterocycles. The lowest BCUT2D eigenvalue weighted by atomic mass is 9.81. The molecule has 0 aromatic rings. The largest absolute Gasteiger partial charge is 0.331 e. The molecule has 4 aliphatic rings. The van der Waals surface area contributed by atoms with Gasteiger partial charge in [-0.05, 0) is 20.3 Å². The molecule has 5 nitrogen and oxygen atoms in total. The van der Waals surface area contributed by atoms with Gasteiger partial charge < -0.3 is 14.2 Å². The van der Waals surface area contributed by atoms with Gasteiger partial charge in [0, 0.05) is 23.7 Å². The number of hydrogen-bond donors (Lipinski definition) is 0. The number of nitriles is 2. The highest BCUT2D eigenvalue weighted by atomic mass is 16.8. The van der Waals surface area contributed by atoms with Crippen LogP contribution in [0, 0.1) is 46.3 Å². The molecule has 0 aromatic heterocycles. The first-order chi connectivity index (χ1) is 8.52. The van der Waals surface area contributed by atoms with Gasteiger partial charge in [0.05, 0.1) is 12.1 Å². The molecule has 0 bridgehead atoms. The second-order valence-corrected chi connectivity index (χ2v) is 6.08. The lowest BCUT2D eigenvalue weighted by Crippen LogP contribution is -2.36. The summed E-state index contributed by atoms with van der Waals surface area (Å²) in [5.41, 5.74) is 0. The van der Waals surface area contributed by atoms with E-state index in [4.69, 9.17) is 14.2 Å². The van der Waals surface area contributed by atoms with Crippen molar-refractivity contribution in [3.8, 4) is 12.1 Å². The van der Waals surface area contributed by atoms with Crippen LogP contribution in [0.15, 0.2) is 0 Å². The standard InChI is InChI=1S/C13H14N2O3/c1-12-10-6(8(4-14)16-12)3-7-9(5-15)17-13(2,18-12)11(7)10/h6-11H,3H2,1-2H3/t6-,7+,8-,9+,10-,11-,12-,13+/m1/s1. The van der Waals surface area contributed by atoms with E-state index in [9.17, 15) is 10.5 Å². The molecule has 5 heteroatoms. The fraction of sp³-hybridized carbons (Fsp3) is 0.846. The van der Waals surface area contributed by atoms with E-state index < -0.39 is 23.8 Å². The van der Waals surface area contributed by atoms with Gasteiger partial charge in [-0.3, -0.25) is 0 Å². The molecule has 18 heavy (non-hydrogen) atoms. The fourth-order valence-electron chi connectivity index (χ4n) is 4.86. The average Bonchev–Trinajstić information content (AvgIpc) is 2.95.